The van der Waals surface area contributed by atoms with Gasteiger partial charge in [0.1, 0.15) is 0 Å². The van der Waals surface area contributed by atoms with Crippen molar-refractivity contribution < 1.29 is 13.2 Å². The van der Waals surface area contributed by atoms with E-state index in [-0.39, 0.29) is 22.5 Å². The van der Waals surface area contributed by atoms with Gasteiger partial charge in [0.05, 0.1) is 5.75 Å². The highest BCUT2D eigenvalue weighted by Gasteiger charge is 2.44. The first-order chi connectivity index (χ1) is 10.3. The number of sulfonamides is 1. The summed E-state index contributed by atoms with van der Waals surface area (Å²) >= 11 is 0. The molecule has 0 saturated carbocycles. The van der Waals surface area contributed by atoms with E-state index in [0.717, 1.165) is 13.1 Å². The Hall–Kier alpha value is -0.620. The molecule has 0 aromatic carbocycles. The predicted molar refractivity (Wildman–Crippen MR) is 92.4 cm³/mol. The lowest BCUT2D eigenvalue weighted by molar-refractivity contribution is -0.138. The molecule has 0 spiro atoms. The van der Waals surface area contributed by atoms with Gasteiger partial charge in [-0.25, -0.2) is 12.7 Å². The van der Waals surface area contributed by atoms with Crippen LogP contribution in [-0.4, -0.2) is 55.5 Å². The molecule has 0 unspecified atom stereocenters. The third kappa shape index (κ3) is 4.08. The molecule has 2 fully saturated rings. The molecular formula is C17H32N2O3S. The topological polar surface area (TPSA) is 57.7 Å². The van der Waals surface area contributed by atoms with Gasteiger partial charge in [0.2, 0.25) is 15.9 Å². The van der Waals surface area contributed by atoms with Gasteiger partial charge in [0, 0.05) is 33.1 Å². The summed E-state index contributed by atoms with van der Waals surface area (Å²) in [5.74, 6) is 1.19. The molecule has 0 aromatic rings. The fourth-order valence-corrected chi connectivity index (χ4v) is 5.02. The Morgan fingerprint density at radius 3 is 1.96 bits per heavy atom. The van der Waals surface area contributed by atoms with Crippen LogP contribution in [0.25, 0.3) is 0 Å². The Labute approximate surface area is 141 Å². The van der Waals surface area contributed by atoms with Gasteiger partial charge in [-0.15, -0.1) is 0 Å². The highest BCUT2D eigenvalue weighted by Crippen LogP contribution is 2.39. The second kappa shape index (κ2) is 6.03. The number of likely N-dealkylation sites (tertiary alicyclic amines) is 1. The Kier molecular flexibility index (Phi) is 4.91. The van der Waals surface area contributed by atoms with Gasteiger partial charge < -0.3 is 4.90 Å². The van der Waals surface area contributed by atoms with Gasteiger partial charge in [-0.2, -0.15) is 0 Å². The third-order valence-corrected chi connectivity index (χ3v) is 7.71. The summed E-state index contributed by atoms with van der Waals surface area (Å²) in [7, 11) is -3.14. The van der Waals surface area contributed by atoms with Crippen molar-refractivity contribution in [1.29, 1.82) is 0 Å². The summed E-state index contributed by atoms with van der Waals surface area (Å²) < 4.78 is 26.6. The zero-order valence-electron chi connectivity index (χ0n) is 15.4. The maximum Gasteiger partial charge on any atom is 0.219 e. The van der Waals surface area contributed by atoms with Crippen LogP contribution >= 0.6 is 0 Å². The predicted octanol–water partition coefficient (Wildman–Crippen LogP) is 2.19. The molecule has 0 radical (unpaired) electrons. The third-order valence-electron chi connectivity index (χ3n) is 5.90. The Morgan fingerprint density at radius 2 is 1.52 bits per heavy atom. The number of carbonyl (C=O) groups is 1. The molecule has 0 atom stereocenters. The highest BCUT2D eigenvalue weighted by molar-refractivity contribution is 7.89. The Balaban J connectivity index is 1.82. The minimum Gasteiger partial charge on any atom is -0.342 e. The van der Waals surface area contributed by atoms with E-state index in [1.165, 1.54) is 0 Å². The normalized spacial score (nSPS) is 21.9. The first-order valence-electron chi connectivity index (χ1n) is 8.56. The molecule has 2 heterocycles. The monoisotopic (exact) mass is 344 g/mol. The lowest BCUT2D eigenvalue weighted by atomic mass is 9.72. The summed E-state index contributed by atoms with van der Waals surface area (Å²) in [6.07, 6.45) is 0.655. The molecular weight excluding hydrogens is 312 g/mol. The summed E-state index contributed by atoms with van der Waals surface area (Å²) in [5.41, 5.74) is 0.126. The molecule has 2 saturated heterocycles. The molecule has 2 aliphatic rings. The minimum atomic E-state index is -3.14. The van der Waals surface area contributed by atoms with E-state index in [0.29, 0.717) is 31.3 Å². The SMILES string of the molecule is CC(=O)N1CC(C(C)(C)CCS(=O)(=O)N2CC(C(C)(C)C)C2)C1. The Bertz CT molecular complexity index is 551. The number of rotatable bonds is 5. The lowest BCUT2D eigenvalue weighted by Gasteiger charge is -2.48. The first kappa shape index (κ1) is 18.7. The maximum atomic E-state index is 12.5. The van der Waals surface area contributed by atoms with E-state index in [1.807, 2.05) is 4.90 Å². The van der Waals surface area contributed by atoms with Crippen molar-refractivity contribution in [3.05, 3.63) is 0 Å². The van der Waals surface area contributed by atoms with Crippen molar-refractivity contribution in [3.63, 3.8) is 0 Å². The zero-order chi connectivity index (χ0) is 17.6. The van der Waals surface area contributed by atoms with Crippen LogP contribution in [-0.2, 0) is 14.8 Å². The molecule has 134 valence electrons. The highest BCUT2D eigenvalue weighted by atomic mass is 32.2. The Morgan fingerprint density at radius 1 is 1.00 bits per heavy atom. The molecule has 0 aromatic heterocycles. The number of hydrogen-bond acceptors (Lipinski definition) is 3. The van der Waals surface area contributed by atoms with Crippen LogP contribution in [0.5, 0.6) is 0 Å². The van der Waals surface area contributed by atoms with Crippen molar-refractivity contribution >= 4 is 15.9 Å². The fraction of sp³-hybridized carbons (Fsp3) is 0.941. The molecule has 5 nitrogen and oxygen atoms in total. The molecule has 2 rings (SSSR count). The molecule has 6 heteroatoms. The van der Waals surface area contributed by atoms with Crippen LogP contribution in [0.2, 0.25) is 0 Å². The van der Waals surface area contributed by atoms with Crippen molar-refractivity contribution in [1.82, 2.24) is 9.21 Å². The zero-order valence-corrected chi connectivity index (χ0v) is 16.2. The van der Waals surface area contributed by atoms with Crippen molar-refractivity contribution in [2.45, 2.75) is 48.0 Å². The summed E-state index contributed by atoms with van der Waals surface area (Å²) in [6, 6.07) is 0. The van der Waals surface area contributed by atoms with E-state index in [1.54, 1.807) is 11.2 Å². The number of nitrogens with zero attached hydrogens (tertiary/aromatic N) is 2. The smallest absolute Gasteiger partial charge is 0.219 e. The van der Waals surface area contributed by atoms with E-state index in [4.69, 9.17) is 0 Å². The van der Waals surface area contributed by atoms with Crippen molar-refractivity contribution in [3.8, 4) is 0 Å². The molecule has 1 amide bonds. The first-order valence-corrected chi connectivity index (χ1v) is 10.2. The van der Waals surface area contributed by atoms with Gasteiger partial charge in [0.25, 0.3) is 0 Å². The average molecular weight is 345 g/mol. The number of amides is 1. The summed E-state index contributed by atoms with van der Waals surface area (Å²) in [4.78, 5) is 13.1. The fourth-order valence-electron chi connectivity index (χ4n) is 3.17. The van der Waals surface area contributed by atoms with Crippen LogP contribution in [0.3, 0.4) is 0 Å². The van der Waals surface area contributed by atoms with Crippen LogP contribution in [0.1, 0.15) is 48.0 Å². The van der Waals surface area contributed by atoms with Crippen molar-refractivity contribution in [2.24, 2.45) is 22.7 Å². The van der Waals surface area contributed by atoms with Gasteiger partial charge in [-0.1, -0.05) is 34.6 Å². The second-order valence-electron chi connectivity index (χ2n) is 9.06. The summed E-state index contributed by atoms with van der Waals surface area (Å²) in [5, 5.41) is 0. The quantitative estimate of drug-likeness (QED) is 0.768. The average Bonchev–Trinajstić information content (AvgIpc) is 2.18. The van der Waals surface area contributed by atoms with Gasteiger partial charge in [-0.05, 0) is 29.1 Å². The second-order valence-corrected chi connectivity index (χ2v) is 11.1. The minimum absolute atomic E-state index is 0.0483. The number of hydrogen-bond donors (Lipinski definition) is 0. The van der Waals surface area contributed by atoms with Crippen LogP contribution < -0.4 is 0 Å². The molecule has 0 aliphatic carbocycles. The van der Waals surface area contributed by atoms with E-state index in [2.05, 4.69) is 34.6 Å². The standard InChI is InChI=1S/C17H32N2O3S/c1-13(20)18-9-15(10-18)17(5,6)7-8-23(21,22)19-11-14(12-19)16(2,3)4/h14-15H,7-12H2,1-6H3. The van der Waals surface area contributed by atoms with Gasteiger partial charge >= 0.3 is 0 Å². The molecule has 23 heavy (non-hydrogen) atoms. The van der Waals surface area contributed by atoms with E-state index < -0.39 is 10.0 Å². The van der Waals surface area contributed by atoms with E-state index >= 15 is 0 Å². The molecule has 0 N–H and O–H groups in total. The van der Waals surface area contributed by atoms with Crippen molar-refractivity contribution in [2.75, 3.05) is 31.9 Å². The number of carbonyl (C=O) groups excluding carboxylic acids is 1. The van der Waals surface area contributed by atoms with E-state index in [9.17, 15) is 13.2 Å². The van der Waals surface area contributed by atoms with Gasteiger partial charge in [-0.3, -0.25) is 4.79 Å². The van der Waals surface area contributed by atoms with Crippen LogP contribution in [0.15, 0.2) is 0 Å². The molecule has 0 bridgehead atoms. The molecule has 2 aliphatic heterocycles. The van der Waals surface area contributed by atoms with Crippen LogP contribution in [0, 0.1) is 22.7 Å². The van der Waals surface area contributed by atoms with Gasteiger partial charge in [0.15, 0.2) is 0 Å². The van der Waals surface area contributed by atoms with Crippen LogP contribution in [0.4, 0.5) is 0 Å². The largest absolute Gasteiger partial charge is 0.342 e. The summed E-state index contributed by atoms with van der Waals surface area (Å²) in [6.45, 7) is 15.2. The lowest BCUT2D eigenvalue weighted by Crippen LogP contribution is -2.56. The maximum absolute atomic E-state index is 12.5.